The molecule has 1 atom stereocenters. The van der Waals surface area contributed by atoms with Gasteiger partial charge in [-0.05, 0) is 57.2 Å². The largest absolute Gasteiger partial charge is 0.383 e. The minimum Gasteiger partial charge on any atom is -0.383 e. The first-order valence-electron chi connectivity index (χ1n) is 10.5. The summed E-state index contributed by atoms with van der Waals surface area (Å²) in [5, 5.41) is 0. The molecule has 1 aromatic carbocycles. The molecule has 2 heterocycles. The summed E-state index contributed by atoms with van der Waals surface area (Å²) < 4.78 is 24.8. The standard InChI is InChI=1S/C22H33FN2O3/c1-27-15-13-25(22(26)21-8-4-5-14-28-21)16-18-9-11-24(12-10-18)17-19-6-2-3-7-20(19)23/h2-3,6-7,18,21H,4-5,8-17H2,1H3. The highest BCUT2D eigenvalue weighted by atomic mass is 19.1. The fourth-order valence-corrected chi connectivity index (χ4v) is 4.14. The molecular formula is C22H33FN2O3. The van der Waals surface area contributed by atoms with Gasteiger partial charge in [-0.1, -0.05) is 18.2 Å². The first-order chi connectivity index (χ1) is 13.7. The zero-order chi connectivity index (χ0) is 19.8. The number of hydrogen-bond acceptors (Lipinski definition) is 4. The Bertz CT molecular complexity index is 614. The molecule has 2 fully saturated rings. The Hall–Kier alpha value is -1.50. The van der Waals surface area contributed by atoms with Gasteiger partial charge in [0.05, 0.1) is 6.61 Å². The summed E-state index contributed by atoms with van der Waals surface area (Å²) in [7, 11) is 1.67. The van der Waals surface area contributed by atoms with Gasteiger partial charge in [-0.15, -0.1) is 0 Å². The van der Waals surface area contributed by atoms with Crippen molar-refractivity contribution in [3.8, 4) is 0 Å². The molecule has 28 heavy (non-hydrogen) atoms. The zero-order valence-electron chi connectivity index (χ0n) is 16.9. The van der Waals surface area contributed by atoms with Crippen molar-refractivity contribution in [1.29, 1.82) is 0 Å². The molecule has 0 aromatic heterocycles. The average Bonchev–Trinajstić information content (AvgIpc) is 2.74. The second-order valence-electron chi connectivity index (χ2n) is 7.94. The molecule has 6 heteroatoms. The molecule has 1 aromatic rings. The summed E-state index contributed by atoms with van der Waals surface area (Å²) >= 11 is 0. The van der Waals surface area contributed by atoms with E-state index < -0.39 is 0 Å². The lowest BCUT2D eigenvalue weighted by molar-refractivity contribution is -0.148. The van der Waals surface area contributed by atoms with Crippen molar-refractivity contribution in [3.63, 3.8) is 0 Å². The highest BCUT2D eigenvalue weighted by Crippen LogP contribution is 2.22. The van der Waals surface area contributed by atoms with Gasteiger partial charge in [-0.2, -0.15) is 0 Å². The lowest BCUT2D eigenvalue weighted by Crippen LogP contribution is -2.47. The number of likely N-dealkylation sites (tertiary alicyclic amines) is 1. The van der Waals surface area contributed by atoms with E-state index in [1.54, 1.807) is 13.2 Å². The number of amides is 1. The van der Waals surface area contributed by atoms with E-state index in [1.165, 1.54) is 6.07 Å². The lowest BCUT2D eigenvalue weighted by Gasteiger charge is -2.36. The monoisotopic (exact) mass is 392 g/mol. The summed E-state index contributed by atoms with van der Waals surface area (Å²) in [6.45, 7) is 5.13. The van der Waals surface area contributed by atoms with Crippen LogP contribution >= 0.6 is 0 Å². The number of benzene rings is 1. The van der Waals surface area contributed by atoms with Gasteiger partial charge in [-0.3, -0.25) is 9.69 Å². The molecule has 1 amide bonds. The van der Waals surface area contributed by atoms with Crippen LogP contribution < -0.4 is 0 Å². The van der Waals surface area contributed by atoms with Crippen LogP contribution in [-0.4, -0.2) is 68.3 Å². The third-order valence-electron chi connectivity index (χ3n) is 5.87. The number of methoxy groups -OCH3 is 1. The van der Waals surface area contributed by atoms with Crippen LogP contribution in [0.4, 0.5) is 4.39 Å². The molecule has 2 aliphatic rings. The molecule has 0 bridgehead atoms. The molecule has 5 nitrogen and oxygen atoms in total. The third-order valence-corrected chi connectivity index (χ3v) is 5.87. The van der Waals surface area contributed by atoms with Crippen LogP contribution in [0.1, 0.15) is 37.7 Å². The summed E-state index contributed by atoms with van der Waals surface area (Å²) in [6, 6.07) is 7.00. The van der Waals surface area contributed by atoms with Crippen LogP contribution in [-0.2, 0) is 20.8 Å². The number of ether oxygens (including phenoxy) is 2. The van der Waals surface area contributed by atoms with E-state index in [2.05, 4.69) is 4.90 Å². The molecule has 1 unspecified atom stereocenters. The van der Waals surface area contributed by atoms with E-state index in [4.69, 9.17) is 9.47 Å². The van der Waals surface area contributed by atoms with Crippen molar-refractivity contribution in [2.24, 2.45) is 5.92 Å². The summed E-state index contributed by atoms with van der Waals surface area (Å²) in [5.41, 5.74) is 0.757. The Kier molecular flexibility index (Phi) is 8.25. The van der Waals surface area contributed by atoms with Crippen molar-refractivity contribution < 1.29 is 18.7 Å². The molecule has 0 aliphatic carbocycles. The molecule has 0 spiro atoms. The van der Waals surface area contributed by atoms with Crippen LogP contribution in [0.2, 0.25) is 0 Å². The van der Waals surface area contributed by atoms with Gasteiger partial charge in [0.25, 0.3) is 5.91 Å². The number of carbonyl (C=O) groups is 1. The number of hydrogen-bond donors (Lipinski definition) is 0. The van der Waals surface area contributed by atoms with E-state index in [-0.39, 0.29) is 17.8 Å². The van der Waals surface area contributed by atoms with Crippen LogP contribution in [0.15, 0.2) is 24.3 Å². The number of piperidine rings is 1. The van der Waals surface area contributed by atoms with Crippen molar-refractivity contribution >= 4 is 5.91 Å². The molecule has 0 N–H and O–H groups in total. The minimum atomic E-state index is -0.285. The Morgan fingerprint density at radius 2 is 2.04 bits per heavy atom. The van der Waals surface area contributed by atoms with E-state index >= 15 is 0 Å². The van der Waals surface area contributed by atoms with Gasteiger partial charge in [-0.25, -0.2) is 4.39 Å². The smallest absolute Gasteiger partial charge is 0.251 e. The van der Waals surface area contributed by atoms with E-state index in [0.29, 0.717) is 32.2 Å². The summed E-state index contributed by atoms with van der Waals surface area (Å²) in [5.74, 6) is 0.459. The molecule has 2 aliphatic heterocycles. The highest BCUT2D eigenvalue weighted by Gasteiger charge is 2.29. The maximum absolute atomic E-state index is 13.9. The van der Waals surface area contributed by atoms with Crippen molar-refractivity contribution in [2.45, 2.75) is 44.8 Å². The Morgan fingerprint density at radius 1 is 1.25 bits per heavy atom. The van der Waals surface area contributed by atoms with Crippen LogP contribution in [0.3, 0.4) is 0 Å². The van der Waals surface area contributed by atoms with Gasteiger partial charge in [0.2, 0.25) is 0 Å². The van der Waals surface area contributed by atoms with Gasteiger partial charge in [0.1, 0.15) is 11.9 Å². The predicted molar refractivity (Wildman–Crippen MR) is 106 cm³/mol. The normalized spacial score (nSPS) is 21.6. The first-order valence-corrected chi connectivity index (χ1v) is 10.5. The maximum atomic E-state index is 13.9. The SMILES string of the molecule is COCCN(CC1CCN(Cc2ccccc2F)CC1)C(=O)C1CCCCO1. The van der Waals surface area contributed by atoms with Crippen molar-refractivity contribution in [1.82, 2.24) is 9.80 Å². The fraction of sp³-hybridized carbons (Fsp3) is 0.682. The molecule has 3 rings (SSSR count). The highest BCUT2D eigenvalue weighted by molar-refractivity contribution is 5.81. The molecule has 0 saturated carbocycles. The summed E-state index contributed by atoms with van der Waals surface area (Å²) in [6.07, 6.45) is 4.69. The fourth-order valence-electron chi connectivity index (χ4n) is 4.14. The van der Waals surface area contributed by atoms with E-state index in [9.17, 15) is 9.18 Å². The number of rotatable bonds is 8. The second-order valence-corrected chi connectivity index (χ2v) is 7.94. The van der Waals surface area contributed by atoms with Gasteiger partial charge >= 0.3 is 0 Å². The van der Waals surface area contributed by atoms with Crippen molar-refractivity contribution in [2.75, 3.05) is 46.5 Å². The maximum Gasteiger partial charge on any atom is 0.251 e. The minimum absolute atomic E-state index is 0.116. The van der Waals surface area contributed by atoms with Crippen LogP contribution in [0.25, 0.3) is 0 Å². The number of halogens is 1. The van der Waals surface area contributed by atoms with Crippen molar-refractivity contribution in [3.05, 3.63) is 35.6 Å². The van der Waals surface area contributed by atoms with E-state index in [1.807, 2.05) is 17.0 Å². The number of carbonyl (C=O) groups excluding carboxylic acids is 1. The average molecular weight is 393 g/mol. The van der Waals surface area contributed by atoms with E-state index in [0.717, 1.165) is 57.3 Å². The first kappa shape index (κ1) is 21.2. The van der Waals surface area contributed by atoms with Gasteiger partial charge in [0.15, 0.2) is 0 Å². The predicted octanol–water partition coefficient (Wildman–Crippen LogP) is 3.08. The summed E-state index contributed by atoms with van der Waals surface area (Å²) in [4.78, 5) is 17.2. The zero-order valence-corrected chi connectivity index (χ0v) is 16.9. The third kappa shape index (κ3) is 6.00. The molecule has 0 radical (unpaired) electrons. The Morgan fingerprint density at radius 3 is 2.71 bits per heavy atom. The Balaban J connectivity index is 1.50. The molecule has 2 saturated heterocycles. The second kappa shape index (κ2) is 10.9. The van der Waals surface area contributed by atoms with Crippen LogP contribution in [0.5, 0.6) is 0 Å². The topological polar surface area (TPSA) is 42.0 Å². The molecular weight excluding hydrogens is 359 g/mol. The Labute approximate surface area is 167 Å². The van der Waals surface area contributed by atoms with Crippen LogP contribution in [0, 0.1) is 11.7 Å². The lowest BCUT2D eigenvalue weighted by atomic mass is 9.95. The molecule has 156 valence electrons. The number of nitrogens with zero attached hydrogens (tertiary/aromatic N) is 2. The van der Waals surface area contributed by atoms with Gasteiger partial charge in [0, 0.05) is 38.9 Å². The quantitative estimate of drug-likeness (QED) is 0.682. The van der Waals surface area contributed by atoms with Gasteiger partial charge < -0.3 is 14.4 Å².